The zero-order chi connectivity index (χ0) is 12.3. The number of thiophene rings is 1. The molecule has 5 heteroatoms. The van der Waals surface area contributed by atoms with Gasteiger partial charge in [0.25, 0.3) is 0 Å². The maximum absolute atomic E-state index is 5.30. The first-order valence-corrected chi connectivity index (χ1v) is 7.46. The summed E-state index contributed by atoms with van der Waals surface area (Å²) in [6, 6.07) is 8.03. The average molecular weight is 377 g/mol. The minimum Gasteiger partial charge on any atom is -0.495 e. The largest absolute Gasteiger partial charge is 0.495 e. The first kappa shape index (κ1) is 12.9. The van der Waals surface area contributed by atoms with Crippen LogP contribution in [0.1, 0.15) is 5.56 Å². The number of anilines is 1. The van der Waals surface area contributed by atoms with Gasteiger partial charge in [0.05, 0.1) is 16.6 Å². The number of hydrogen-bond acceptors (Lipinski definition) is 3. The summed E-state index contributed by atoms with van der Waals surface area (Å²) in [5.41, 5.74) is 2.24. The Morgan fingerprint density at radius 1 is 1.29 bits per heavy atom. The van der Waals surface area contributed by atoms with Crippen LogP contribution in [0.15, 0.2) is 37.9 Å². The highest BCUT2D eigenvalue weighted by Gasteiger charge is 2.04. The van der Waals surface area contributed by atoms with E-state index in [1.807, 2.05) is 18.2 Å². The molecule has 0 atom stereocenters. The quantitative estimate of drug-likeness (QED) is 0.819. The van der Waals surface area contributed by atoms with E-state index in [1.54, 1.807) is 18.4 Å². The summed E-state index contributed by atoms with van der Waals surface area (Å²) >= 11 is 8.60. The van der Waals surface area contributed by atoms with Crippen LogP contribution in [-0.4, -0.2) is 7.11 Å². The van der Waals surface area contributed by atoms with Gasteiger partial charge in [-0.2, -0.15) is 0 Å². The van der Waals surface area contributed by atoms with Crippen LogP contribution in [0.4, 0.5) is 5.69 Å². The van der Waals surface area contributed by atoms with Crippen molar-refractivity contribution >= 4 is 48.9 Å². The first-order valence-electron chi connectivity index (χ1n) is 4.99. The summed E-state index contributed by atoms with van der Waals surface area (Å²) < 4.78 is 7.49. The van der Waals surface area contributed by atoms with Crippen molar-refractivity contribution in [3.63, 3.8) is 0 Å². The molecule has 0 aliphatic carbocycles. The lowest BCUT2D eigenvalue weighted by molar-refractivity contribution is 0.416. The summed E-state index contributed by atoms with van der Waals surface area (Å²) in [6.07, 6.45) is 0. The topological polar surface area (TPSA) is 21.3 Å². The molecule has 0 radical (unpaired) electrons. The molecule has 1 heterocycles. The van der Waals surface area contributed by atoms with Gasteiger partial charge in [0.2, 0.25) is 0 Å². The lowest BCUT2D eigenvalue weighted by Gasteiger charge is -2.10. The van der Waals surface area contributed by atoms with Crippen LogP contribution in [0.2, 0.25) is 0 Å². The molecule has 0 aliphatic rings. The van der Waals surface area contributed by atoms with Crippen LogP contribution in [0.25, 0.3) is 0 Å². The van der Waals surface area contributed by atoms with Crippen LogP contribution in [-0.2, 0) is 6.54 Å². The van der Waals surface area contributed by atoms with E-state index in [0.717, 1.165) is 26.2 Å². The number of nitrogens with one attached hydrogen (secondary N) is 1. The summed E-state index contributed by atoms with van der Waals surface area (Å²) in [4.78, 5) is 0. The number of halogens is 2. The number of ether oxygens (including phenoxy) is 1. The number of methoxy groups -OCH3 is 1. The first-order chi connectivity index (χ1) is 8.19. The van der Waals surface area contributed by atoms with E-state index in [-0.39, 0.29) is 0 Å². The van der Waals surface area contributed by atoms with Crippen molar-refractivity contribution in [3.05, 3.63) is 43.5 Å². The molecule has 0 aliphatic heterocycles. The van der Waals surface area contributed by atoms with Crippen LogP contribution in [0, 0.1) is 0 Å². The van der Waals surface area contributed by atoms with Crippen molar-refractivity contribution in [1.82, 2.24) is 0 Å². The Morgan fingerprint density at radius 2 is 2.12 bits per heavy atom. The Morgan fingerprint density at radius 3 is 2.76 bits per heavy atom. The molecule has 90 valence electrons. The number of benzene rings is 1. The highest BCUT2D eigenvalue weighted by molar-refractivity contribution is 9.11. The van der Waals surface area contributed by atoms with Gasteiger partial charge in [0.1, 0.15) is 5.75 Å². The predicted octanol–water partition coefficient (Wildman–Crippen LogP) is 4.89. The molecule has 0 saturated heterocycles. The second-order valence-electron chi connectivity index (χ2n) is 3.46. The molecule has 17 heavy (non-hydrogen) atoms. The van der Waals surface area contributed by atoms with Crippen LogP contribution >= 0.6 is 43.2 Å². The summed E-state index contributed by atoms with van der Waals surface area (Å²) in [6.45, 7) is 0.787. The highest BCUT2D eigenvalue weighted by atomic mass is 79.9. The van der Waals surface area contributed by atoms with Gasteiger partial charge >= 0.3 is 0 Å². The van der Waals surface area contributed by atoms with Gasteiger partial charge in [-0.1, -0.05) is 15.9 Å². The lowest BCUT2D eigenvalue weighted by atomic mass is 10.2. The molecule has 1 aromatic heterocycles. The molecule has 0 spiro atoms. The third kappa shape index (κ3) is 3.47. The van der Waals surface area contributed by atoms with Gasteiger partial charge in [0.15, 0.2) is 0 Å². The SMILES string of the molecule is COc1ccc(Br)cc1NCc1csc(Br)c1. The van der Waals surface area contributed by atoms with E-state index >= 15 is 0 Å². The van der Waals surface area contributed by atoms with E-state index < -0.39 is 0 Å². The summed E-state index contributed by atoms with van der Waals surface area (Å²) in [7, 11) is 1.68. The third-order valence-corrected chi connectivity index (χ3v) is 4.31. The van der Waals surface area contributed by atoms with E-state index in [4.69, 9.17) is 4.74 Å². The minimum absolute atomic E-state index is 0.787. The fourth-order valence-corrected chi connectivity index (χ4v) is 3.02. The molecule has 0 amide bonds. The van der Waals surface area contributed by atoms with Crippen LogP contribution < -0.4 is 10.1 Å². The molecule has 0 unspecified atom stereocenters. The zero-order valence-corrected chi connectivity index (χ0v) is 13.2. The van der Waals surface area contributed by atoms with Gasteiger partial charge in [0, 0.05) is 11.0 Å². The van der Waals surface area contributed by atoms with Gasteiger partial charge in [-0.3, -0.25) is 0 Å². The standard InChI is InChI=1S/C12H11Br2NOS/c1-16-11-3-2-9(13)5-10(11)15-6-8-4-12(14)17-7-8/h2-5,7,15H,6H2,1H3. The maximum atomic E-state index is 5.30. The highest BCUT2D eigenvalue weighted by Crippen LogP contribution is 2.29. The van der Waals surface area contributed by atoms with E-state index in [9.17, 15) is 0 Å². The van der Waals surface area contributed by atoms with E-state index in [2.05, 4.69) is 48.6 Å². The van der Waals surface area contributed by atoms with Crippen molar-refractivity contribution in [1.29, 1.82) is 0 Å². The van der Waals surface area contributed by atoms with E-state index in [0.29, 0.717) is 0 Å². The molecule has 0 saturated carbocycles. The predicted molar refractivity (Wildman–Crippen MR) is 80.0 cm³/mol. The van der Waals surface area contributed by atoms with Crippen molar-refractivity contribution in [2.24, 2.45) is 0 Å². The molecule has 0 fully saturated rings. The van der Waals surface area contributed by atoms with Gasteiger partial charge in [-0.25, -0.2) is 0 Å². The maximum Gasteiger partial charge on any atom is 0.142 e. The fourth-order valence-electron chi connectivity index (χ4n) is 1.45. The molecular weight excluding hydrogens is 366 g/mol. The van der Waals surface area contributed by atoms with Crippen LogP contribution in [0.5, 0.6) is 5.75 Å². The molecule has 1 N–H and O–H groups in total. The molecule has 1 aromatic carbocycles. The van der Waals surface area contributed by atoms with Crippen molar-refractivity contribution in [3.8, 4) is 5.75 Å². The Kier molecular flexibility index (Phi) is 4.48. The minimum atomic E-state index is 0.787. The fraction of sp³-hybridized carbons (Fsp3) is 0.167. The van der Waals surface area contributed by atoms with Gasteiger partial charge in [-0.05, 0) is 51.1 Å². The van der Waals surface area contributed by atoms with E-state index in [1.165, 1.54) is 5.56 Å². The molecular formula is C12H11Br2NOS. The molecule has 0 bridgehead atoms. The lowest BCUT2D eigenvalue weighted by Crippen LogP contribution is -2.00. The second kappa shape index (κ2) is 5.89. The normalized spacial score (nSPS) is 10.3. The third-order valence-electron chi connectivity index (χ3n) is 2.27. The Hall–Kier alpha value is -0.520. The summed E-state index contributed by atoms with van der Waals surface area (Å²) in [5, 5.41) is 5.49. The van der Waals surface area contributed by atoms with Crippen LogP contribution in [0.3, 0.4) is 0 Å². The smallest absolute Gasteiger partial charge is 0.142 e. The Labute approximate surface area is 121 Å². The Balaban J connectivity index is 2.10. The molecule has 2 aromatic rings. The molecule has 2 nitrogen and oxygen atoms in total. The number of hydrogen-bond donors (Lipinski definition) is 1. The zero-order valence-electron chi connectivity index (χ0n) is 9.17. The van der Waals surface area contributed by atoms with Gasteiger partial charge < -0.3 is 10.1 Å². The van der Waals surface area contributed by atoms with Crippen molar-refractivity contribution < 1.29 is 4.74 Å². The van der Waals surface area contributed by atoms with Gasteiger partial charge in [-0.15, -0.1) is 11.3 Å². The van der Waals surface area contributed by atoms with Crippen molar-refractivity contribution in [2.75, 3.05) is 12.4 Å². The second-order valence-corrected chi connectivity index (χ2v) is 6.66. The summed E-state index contributed by atoms with van der Waals surface area (Å²) in [5.74, 6) is 0.850. The van der Waals surface area contributed by atoms with Crippen molar-refractivity contribution in [2.45, 2.75) is 6.54 Å². The molecule has 2 rings (SSSR count). The Bertz CT molecular complexity index is 513. The average Bonchev–Trinajstić information content (AvgIpc) is 2.73. The monoisotopic (exact) mass is 375 g/mol. The number of rotatable bonds is 4.